The van der Waals surface area contributed by atoms with E-state index in [1.54, 1.807) is 0 Å². The van der Waals surface area contributed by atoms with Gasteiger partial charge in [-0.05, 0) is 0 Å². The molecule has 0 aliphatic heterocycles. The monoisotopic (exact) mass is 309 g/mol. The fraction of sp³-hybridized carbons (Fsp3) is 0.700. The first-order valence-electron chi connectivity index (χ1n) is 5.68. The Morgan fingerprint density at radius 3 is 1.68 bits per heavy atom. The molecule has 0 atom stereocenters. The molecular formula is C10H19NO6SSi. The Hall–Kier alpha value is -1.06. The lowest BCUT2D eigenvalue weighted by Crippen LogP contribution is -2.49. The summed E-state index contributed by atoms with van der Waals surface area (Å²) in [6.45, 7) is 4.01. The zero-order valence-electron chi connectivity index (χ0n) is 11.3. The topological polar surface area (TPSA) is 105 Å². The fourth-order valence-corrected chi connectivity index (χ4v) is 4.95. The Bertz CT molecular complexity index is 297. The second kappa shape index (κ2) is 8.94. The first-order chi connectivity index (χ1) is 8.81. The summed E-state index contributed by atoms with van der Waals surface area (Å²) < 4.78 is 15.0. The summed E-state index contributed by atoms with van der Waals surface area (Å²) >= 11 is 1.50. The van der Waals surface area contributed by atoms with Crippen molar-refractivity contribution >= 4 is 38.5 Å². The molecule has 0 aliphatic carbocycles. The minimum atomic E-state index is -3.65. The summed E-state index contributed by atoms with van der Waals surface area (Å²) in [5.74, 6) is -0.740. The average molecular weight is 309 g/mol. The van der Waals surface area contributed by atoms with Gasteiger partial charge in [-0.25, -0.2) is 0 Å². The molecule has 0 heterocycles. The third kappa shape index (κ3) is 8.62. The highest BCUT2D eigenvalue weighted by Gasteiger charge is 2.51. The van der Waals surface area contributed by atoms with Crippen molar-refractivity contribution in [2.45, 2.75) is 26.8 Å². The van der Waals surface area contributed by atoms with Gasteiger partial charge in [-0.3, -0.25) is 14.4 Å². The molecule has 0 aromatic heterocycles. The summed E-state index contributed by atoms with van der Waals surface area (Å²) in [4.78, 5) is 33.3. The van der Waals surface area contributed by atoms with Crippen LogP contribution >= 0.6 is 11.8 Å². The van der Waals surface area contributed by atoms with Gasteiger partial charge >= 0.3 is 8.80 Å². The van der Waals surface area contributed by atoms with Crippen molar-refractivity contribution in [2.75, 3.05) is 18.1 Å². The van der Waals surface area contributed by atoms with Crippen LogP contribution < -0.4 is 5.73 Å². The van der Waals surface area contributed by atoms with E-state index >= 15 is 0 Å². The Morgan fingerprint density at radius 1 is 0.947 bits per heavy atom. The first kappa shape index (κ1) is 17.9. The molecule has 19 heavy (non-hydrogen) atoms. The molecule has 0 saturated heterocycles. The molecule has 0 amide bonds. The lowest BCUT2D eigenvalue weighted by Gasteiger charge is -2.26. The normalized spacial score (nSPS) is 10.7. The summed E-state index contributed by atoms with van der Waals surface area (Å²) in [7, 11) is -3.65. The summed E-state index contributed by atoms with van der Waals surface area (Å²) in [6, 6.07) is 0.177. The highest BCUT2D eigenvalue weighted by Crippen LogP contribution is 2.20. The van der Waals surface area contributed by atoms with Gasteiger partial charge in [-0.15, -0.1) is 0 Å². The molecule has 9 heteroatoms. The van der Waals surface area contributed by atoms with Gasteiger partial charge in [0.15, 0.2) is 0 Å². The number of carbonyl (C=O) groups excluding carboxylic acids is 3. The molecule has 0 aromatic carbocycles. The Balaban J connectivity index is 4.82. The van der Waals surface area contributed by atoms with Crippen molar-refractivity contribution < 1.29 is 27.7 Å². The molecule has 0 rings (SSSR count). The van der Waals surface area contributed by atoms with Gasteiger partial charge in [0, 0.05) is 38.8 Å². The molecule has 0 fully saturated rings. The van der Waals surface area contributed by atoms with E-state index in [2.05, 4.69) is 0 Å². The van der Waals surface area contributed by atoms with E-state index in [-0.39, 0.29) is 6.04 Å². The lowest BCUT2D eigenvalue weighted by atomic mass is 10.8. The second-order valence-corrected chi connectivity index (χ2v) is 7.32. The van der Waals surface area contributed by atoms with Crippen LogP contribution in [0, 0.1) is 0 Å². The molecule has 2 N–H and O–H groups in total. The van der Waals surface area contributed by atoms with Crippen molar-refractivity contribution in [3.8, 4) is 0 Å². The van der Waals surface area contributed by atoms with Gasteiger partial charge in [0.05, 0.1) is 6.04 Å². The van der Waals surface area contributed by atoms with E-state index in [1.165, 1.54) is 32.5 Å². The quantitative estimate of drug-likeness (QED) is 0.504. The molecule has 0 spiro atoms. The van der Waals surface area contributed by atoms with Crippen LogP contribution in [0.3, 0.4) is 0 Å². The standard InChI is InChI=1S/C10H19NO6SSi/c1-8(12)15-19(16-9(2)13,17-10(3)14)7-6-18-5-4-11/h4-7,11H2,1-3H3. The minimum absolute atomic E-state index is 0.177. The molecule has 0 bridgehead atoms. The number of hydrogen-bond donors (Lipinski definition) is 1. The van der Waals surface area contributed by atoms with E-state index in [9.17, 15) is 14.4 Å². The Kier molecular flexibility index (Phi) is 8.44. The van der Waals surface area contributed by atoms with Crippen LogP contribution in [0.5, 0.6) is 0 Å². The largest absolute Gasteiger partial charge is 0.705 e. The average Bonchev–Trinajstić information content (AvgIpc) is 2.21. The number of carbonyl (C=O) groups is 3. The number of thioether (sulfide) groups is 1. The van der Waals surface area contributed by atoms with Gasteiger partial charge < -0.3 is 19.0 Å². The number of rotatable bonds is 8. The third-order valence-electron chi connectivity index (χ3n) is 1.71. The SMILES string of the molecule is CC(=O)O[Si](CCSCCN)(OC(C)=O)OC(C)=O. The molecular weight excluding hydrogens is 290 g/mol. The fourth-order valence-electron chi connectivity index (χ4n) is 1.26. The first-order valence-corrected chi connectivity index (χ1v) is 8.76. The van der Waals surface area contributed by atoms with E-state index in [0.29, 0.717) is 18.1 Å². The molecule has 0 aromatic rings. The van der Waals surface area contributed by atoms with Crippen LogP contribution in [0.25, 0.3) is 0 Å². The molecule has 0 saturated carbocycles. The van der Waals surface area contributed by atoms with E-state index in [4.69, 9.17) is 19.0 Å². The van der Waals surface area contributed by atoms with Crippen molar-refractivity contribution in [3.63, 3.8) is 0 Å². The van der Waals surface area contributed by atoms with E-state index in [1.807, 2.05) is 0 Å². The summed E-state index contributed by atoms with van der Waals surface area (Å²) in [6.07, 6.45) is 0. The smallest absolute Gasteiger partial charge is 0.455 e. The van der Waals surface area contributed by atoms with Crippen molar-refractivity contribution in [1.29, 1.82) is 0 Å². The zero-order valence-corrected chi connectivity index (χ0v) is 13.1. The summed E-state index contributed by atoms with van der Waals surface area (Å²) in [5.41, 5.74) is 5.35. The third-order valence-corrected chi connectivity index (χ3v) is 5.75. The molecule has 7 nitrogen and oxygen atoms in total. The van der Waals surface area contributed by atoms with Gasteiger partial charge in [0.1, 0.15) is 0 Å². The van der Waals surface area contributed by atoms with Crippen LogP contribution in [0.1, 0.15) is 20.8 Å². The molecule has 110 valence electrons. The Morgan fingerprint density at radius 2 is 1.37 bits per heavy atom. The van der Waals surface area contributed by atoms with Crippen molar-refractivity contribution in [1.82, 2.24) is 0 Å². The predicted molar refractivity (Wildman–Crippen MR) is 72.2 cm³/mol. The number of hydrogen-bond acceptors (Lipinski definition) is 8. The highest BCUT2D eigenvalue weighted by molar-refractivity contribution is 7.99. The highest BCUT2D eigenvalue weighted by atomic mass is 32.2. The van der Waals surface area contributed by atoms with Gasteiger partial charge in [0.2, 0.25) is 0 Å². The molecule has 0 unspecified atom stereocenters. The second-order valence-electron chi connectivity index (χ2n) is 3.61. The van der Waals surface area contributed by atoms with Gasteiger partial charge in [0.25, 0.3) is 17.9 Å². The Labute approximate surface area is 117 Å². The van der Waals surface area contributed by atoms with Crippen LogP contribution in [-0.2, 0) is 27.7 Å². The van der Waals surface area contributed by atoms with Crippen LogP contribution in [0.4, 0.5) is 0 Å². The minimum Gasteiger partial charge on any atom is -0.455 e. The zero-order chi connectivity index (χ0) is 14.9. The van der Waals surface area contributed by atoms with Crippen LogP contribution in [0.15, 0.2) is 0 Å². The number of nitrogens with two attached hydrogens (primary N) is 1. The van der Waals surface area contributed by atoms with E-state index < -0.39 is 26.7 Å². The molecule has 0 aliphatic rings. The van der Waals surface area contributed by atoms with E-state index in [0.717, 1.165) is 0 Å². The van der Waals surface area contributed by atoms with Crippen molar-refractivity contribution in [2.24, 2.45) is 5.73 Å². The molecule has 0 radical (unpaired) electrons. The maximum Gasteiger partial charge on any atom is 0.705 e. The maximum absolute atomic E-state index is 11.1. The van der Waals surface area contributed by atoms with Crippen LogP contribution in [-0.4, -0.2) is 44.8 Å². The lowest BCUT2D eigenvalue weighted by molar-refractivity contribution is -0.147. The van der Waals surface area contributed by atoms with Crippen LogP contribution in [0.2, 0.25) is 6.04 Å². The maximum atomic E-state index is 11.1. The predicted octanol–water partition coefficient (Wildman–Crippen LogP) is 0.306. The van der Waals surface area contributed by atoms with Gasteiger partial charge in [-0.1, -0.05) is 0 Å². The van der Waals surface area contributed by atoms with Crippen molar-refractivity contribution in [3.05, 3.63) is 0 Å². The summed E-state index contributed by atoms with van der Waals surface area (Å²) in [5, 5.41) is 0. The van der Waals surface area contributed by atoms with Gasteiger partial charge in [-0.2, -0.15) is 11.8 Å².